The fourth-order valence-corrected chi connectivity index (χ4v) is 1.15. The van der Waals surface area contributed by atoms with E-state index in [0.29, 0.717) is 0 Å². The summed E-state index contributed by atoms with van der Waals surface area (Å²) in [7, 11) is 1.23. The van der Waals surface area contributed by atoms with Crippen LogP contribution in [0.3, 0.4) is 0 Å². The number of aromatic nitrogens is 1. The summed E-state index contributed by atoms with van der Waals surface area (Å²) < 4.78 is 48.5. The summed E-state index contributed by atoms with van der Waals surface area (Å²) in [6.45, 7) is -0.466. The molecule has 0 aliphatic heterocycles. The van der Waals surface area contributed by atoms with Crippen molar-refractivity contribution >= 4 is 5.91 Å². The van der Waals surface area contributed by atoms with Gasteiger partial charge >= 0.3 is 6.18 Å². The normalized spacial score (nSPS) is 11.4. The van der Waals surface area contributed by atoms with Gasteiger partial charge in [-0.25, -0.2) is 4.98 Å². The average Bonchev–Trinajstić information content (AvgIpc) is 2.24. The second-order valence-corrected chi connectivity index (χ2v) is 3.46. The first-order valence-corrected chi connectivity index (χ1v) is 4.73. The number of nitrogens with zero attached hydrogens (tertiary/aromatic N) is 2. The van der Waals surface area contributed by atoms with Crippen molar-refractivity contribution in [2.24, 2.45) is 0 Å². The van der Waals surface area contributed by atoms with Gasteiger partial charge in [-0.1, -0.05) is 0 Å². The number of amides is 1. The fraction of sp³-hybridized carbons (Fsp3) is 0.400. The first-order chi connectivity index (χ1) is 7.79. The van der Waals surface area contributed by atoms with Gasteiger partial charge in [0.2, 0.25) is 5.95 Å². The van der Waals surface area contributed by atoms with Crippen LogP contribution in [0.25, 0.3) is 0 Å². The van der Waals surface area contributed by atoms with E-state index in [1.165, 1.54) is 13.1 Å². The van der Waals surface area contributed by atoms with Crippen molar-refractivity contribution in [3.05, 3.63) is 29.8 Å². The molecule has 7 heteroatoms. The Morgan fingerprint density at radius 2 is 2.12 bits per heavy atom. The monoisotopic (exact) mass is 250 g/mol. The maximum Gasteiger partial charge on any atom is 0.390 e. The first kappa shape index (κ1) is 13.4. The van der Waals surface area contributed by atoms with Crippen molar-refractivity contribution in [2.75, 3.05) is 13.6 Å². The summed E-state index contributed by atoms with van der Waals surface area (Å²) >= 11 is 0. The minimum absolute atomic E-state index is 0.0258. The molecule has 0 unspecified atom stereocenters. The summed E-state index contributed by atoms with van der Waals surface area (Å²) in [6.07, 6.45) is -4.33. The van der Waals surface area contributed by atoms with Crippen LogP contribution in [-0.4, -0.2) is 35.6 Å². The molecule has 0 saturated carbocycles. The Hall–Kier alpha value is -1.66. The molecule has 1 amide bonds. The van der Waals surface area contributed by atoms with Crippen LogP contribution >= 0.6 is 0 Å². The van der Waals surface area contributed by atoms with Crippen molar-refractivity contribution in [3.63, 3.8) is 0 Å². The summed E-state index contributed by atoms with van der Waals surface area (Å²) in [5, 5.41) is 0. The molecular formula is C10H10F4N2O. The number of alkyl halides is 3. The van der Waals surface area contributed by atoms with Crippen molar-refractivity contribution in [1.29, 1.82) is 0 Å². The minimum atomic E-state index is -4.32. The number of carbonyl (C=O) groups is 1. The van der Waals surface area contributed by atoms with E-state index in [2.05, 4.69) is 4.98 Å². The number of rotatable bonds is 3. The van der Waals surface area contributed by atoms with Crippen molar-refractivity contribution in [3.8, 4) is 0 Å². The second-order valence-electron chi connectivity index (χ2n) is 3.46. The number of pyridine rings is 1. The molecular weight excluding hydrogens is 240 g/mol. The lowest BCUT2D eigenvalue weighted by atomic mass is 10.2. The van der Waals surface area contributed by atoms with E-state index < -0.39 is 31.0 Å². The molecule has 0 saturated heterocycles. The van der Waals surface area contributed by atoms with Crippen LogP contribution in [0, 0.1) is 5.95 Å². The molecule has 1 aromatic heterocycles. The third-order valence-corrected chi connectivity index (χ3v) is 2.05. The van der Waals surface area contributed by atoms with E-state index >= 15 is 0 Å². The molecule has 0 fully saturated rings. The predicted molar refractivity (Wildman–Crippen MR) is 51.8 cm³/mol. The van der Waals surface area contributed by atoms with Gasteiger partial charge in [0, 0.05) is 31.4 Å². The Morgan fingerprint density at radius 3 is 2.65 bits per heavy atom. The number of hydrogen-bond acceptors (Lipinski definition) is 2. The highest BCUT2D eigenvalue weighted by Crippen LogP contribution is 2.19. The van der Waals surface area contributed by atoms with Crippen molar-refractivity contribution < 1.29 is 22.4 Å². The third-order valence-electron chi connectivity index (χ3n) is 2.05. The zero-order chi connectivity index (χ0) is 13.1. The van der Waals surface area contributed by atoms with Crippen LogP contribution in [0.4, 0.5) is 17.6 Å². The number of carbonyl (C=O) groups excluding carboxylic acids is 1. The van der Waals surface area contributed by atoms with Gasteiger partial charge in [-0.05, 0) is 6.07 Å². The number of halogens is 4. The fourth-order valence-electron chi connectivity index (χ4n) is 1.15. The second kappa shape index (κ2) is 5.11. The van der Waals surface area contributed by atoms with Gasteiger partial charge in [0.15, 0.2) is 0 Å². The average molecular weight is 250 g/mol. The van der Waals surface area contributed by atoms with Gasteiger partial charge in [0.1, 0.15) is 0 Å². The largest absolute Gasteiger partial charge is 0.390 e. The van der Waals surface area contributed by atoms with Crippen LogP contribution in [-0.2, 0) is 0 Å². The standard InChI is InChI=1S/C10H10F4N2O/c1-16(5-3-10(12,13)14)9(17)7-2-4-15-8(11)6-7/h2,4,6H,3,5H2,1H3. The lowest BCUT2D eigenvalue weighted by Gasteiger charge is -2.18. The summed E-state index contributed by atoms with van der Waals surface area (Å²) in [4.78, 5) is 15.7. The quantitative estimate of drug-likeness (QED) is 0.609. The highest BCUT2D eigenvalue weighted by molar-refractivity contribution is 5.93. The Balaban J connectivity index is 2.64. The van der Waals surface area contributed by atoms with Gasteiger partial charge in [-0.15, -0.1) is 0 Å². The predicted octanol–water partition coefficient (Wildman–Crippen LogP) is 2.25. The van der Waals surface area contributed by atoms with Crippen LogP contribution in [0.15, 0.2) is 18.3 Å². The molecule has 0 aliphatic carbocycles. The highest BCUT2D eigenvalue weighted by Gasteiger charge is 2.28. The van der Waals surface area contributed by atoms with Crippen LogP contribution in [0.5, 0.6) is 0 Å². The van der Waals surface area contributed by atoms with Gasteiger partial charge in [0.05, 0.1) is 6.42 Å². The maximum atomic E-state index is 12.7. The first-order valence-electron chi connectivity index (χ1n) is 4.73. The molecule has 94 valence electrons. The molecule has 0 aromatic carbocycles. The van der Waals surface area contributed by atoms with E-state index in [4.69, 9.17) is 0 Å². The molecule has 1 rings (SSSR count). The lowest BCUT2D eigenvalue weighted by Crippen LogP contribution is -2.30. The molecule has 1 heterocycles. The summed E-state index contributed by atoms with van der Waals surface area (Å²) in [5.41, 5.74) is -0.0258. The van der Waals surface area contributed by atoms with Crippen molar-refractivity contribution in [2.45, 2.75) is 12.6 Å². The molecule has 0 N–H and O–H groups in total. The zero-order valence-electron chi connectivity index (χ0n) is 8.96. The van der Waals surface area contributed by atoms with Crippen LogP contribution in [0.2, 0.25) is 0 Å². The zero-order valence-corrected chi connectivity index (χ0v) is 8.96. The molecule has 0 radical (unpaired) electrons. The van der Waals surface area contributed by atoms with Crippen LogP contribution in [0.1, 0.15) is 16.8 Å². The smallest absolute Gasteiger partial charge is 0.341 e. The van der Waals surface area contributed by atoms with Crippen LogP contribution < -0.4 is 0 Å². The molecule has 0 spiro atoms. The van der Waals surface area contributed by atoms with Gasteiger partial charge in [-0.3, -0.25) is 4.79 Å². The lowest BCUT2D eigenvalue weighted by molar-refractivity contribution is -0.136. The summed E-state index contributed by atoms with van der Waals surface area (Å²) in [6, 6.07) is 2.13. The van der Waals surface area contributed by atoms with E-state index in [9.17, 15) is 22.4 Å². The Labute approximate surface area is 95.1 Å². The molecule has 0 aliphatic rings. The molecule has 17 heavy (non-hydrogen) atoms. The third kappa shape index (κ3) is 4.38. The van der Waals surface area contributed by atoms with E-state index in [1.807, 2.05) is 0 Å². The number of hydrogen-bond donors (Lipinski definition) is 0. The Morgan fingerprint density at radius 1 is 1.47 bits per heavy atom. The van der Waals surface area contributed by atoms with Gasteiger partial charge in [-0.2, -0.15) is 17.6 Å². The maximum absolute atomic E-state index is 12.7. The minimum Gasteiger partial charge on any atom is -0.341 e. The molecule has 1 aromatic rings. The SMILES string of the molecule is CN(CCC(F)(F)F)C(=O)c1ccnc(F)c1. The van der Waals surface area contributed by atoms with E-state index in [1.54, 1.807) is 0 Å². The van der Waals surface area contributed by atoms with Gasteiger partial charge in [0.25, 0.3) is 5.91 Å². The summed E-state index contributed by atoms with van der Waals surface area (Å²) in [5.74, 6) is -1.52. The Kier molecular flexibility index (Phi) is 4.03. The molecule has 0 atom stereocenters. The van der Waals surface area contributed by atoms with E-state index in [-0.39, 0.29) is 5.56 Å². The van der Waals surface area contributed by atoms with Crippen molar-refractivity contribution in [1.82, 2.24) is 9.88 Å². The molecule has 0 bridgehead atoms. The van der Waals surface area contributed by atoms with Gasteiger partial charge < -0.3 is 4.90 Å². The highest BCUT2D eigenvalue weighted by atomic mass is 19.4. The van der Waals surface area contributed by atoms with E-state index in [0.717, 1.165) is 17.2 Å². The topological polar surface area (TPSA) is 33.2 Å². The Bertz CT molecular complexity index is 406. The molecule has 3 nitrogen and oxygen atoms in total.